The Bertz CT molecular complexity index is 930. The van der Waals surface area contributed by atoms with Crippen molar-refractivity contribution in [3.63, 3.8) is 0 Å². The summed E-state index contributed by atoms with van der Waals surface area (Å²) in [6.45, 7) is 6.03. The maximum absolute atomic E-state index is 5.29. The molecule has 4 rings (SSSR count). The van der Waals surface area contributed by atoms with Crippen LogP contribution in [0.15, 0.2) is 54.6 Å². The Balaban J connectivity index is 1.76. The molecule has 0 amide bonds. The van der Waals surface area contributed by atoms with Crippen LogP contribution in [0.1, 0.15) is 5.56 Å². The Hall–Kier alpha value is -2.92. The fraction of sp³-hybridized carbons (Fsp3) is 0.304. The fourth-order valence-corrected chi connectivity index (χ4v) is 3.36. The number of hydrogen-bond donors (Lipinski definition) is 0. The second-order valence-corrected chi connectivity index (χ2v) is 7.32. The highest BCUT2D eigenvalue weighted by molar-refractivity contribution is 5.70. The van der Waals surface area contributed by atoms with E-state index in [9.17, 15) is 0 Å². The molecule has 1 fully saturated rings. The first-order valence-corrected chi connectivity index (χ1v) is 9.66. The zero-order valence-electron chi connectivity index (χ0n) is 16.7. The van der Waals surface area contributed by atoms with Crippen LogP contribution in [0.25, 0.3) is 22.5 Å². The number of aryl methyl sites for hydroxylation is 1. The Labute approximate surface area is 166 Å². The van der Waals surface area contributed by atoms with E-state index in [1.54, 1.807) is 7.11 Å². The Morgan fingerprint density at radius 2 is 1.32 bits per heavy atom. The lowest BCUT2D eigenvalue weighted by Gasteiger charge is -2.32. The highest BCUT2D eigenvalue weighted by Gasteiger charge is 2.18. The predicted octanol–water partition coefficient (Wildman–Crippen LogP) is 3.88. The zero-order valence-corrected chi connectivity index (χ0v) is 16.7. The molecular formula is C23H26N4O. The van der Waals surface area contributed by atoms with Gasteiger partial charge in [-0.15, -0.1) is 0 Å². The van der Waals surface area contributed by atoms with Crippen LogP contribution in [-0.4, -0.2) is 55.2 Å². The second-order valence-electron chi connectivity index (χ2n) is 7.32. The van der Waals surface area contributed by atoms with Crippen molar-refractivity contribution in [1.29, 1.82) is 0 Å². The zero-order chi connectivity index (χ0) is 19.5. The molecule has 5 heteroatoms. The first-order valence-electron chi connectivity index (χ1n) is 9.66. The van der Waals surface area contributed by atoms with Crippen molar-refractivity contribution in [2.24, 2.45) is 0 Å². The van der Waals surface area contributed by atoms with Crippen LogP contribution in [0.3, 0.4) is 0 Å². The first kappa shape index (κ1) is 18.4. The third-order valence-corrected chi connectivity index (χ3v) is 5.23. The Morgan fingerprint density at radius 3 is 1.86 bits per heavy atom. The number of aromatic nitrogens is 2. The van der Waals surface area contributed by atoms with E-state index in [-0.39, 0.29) is 0 Å². The molecule has 3 aromatic rings. The summed E-state index contributed by atoms with van der Waals surface area (Å²) in [7, 11) is 3.84. The van der Waals surface area contributed by atoms with Crippen molar-refractivity contribution in [3.8, 4) is 28.3 Å². The number of likely N-dealkylation sites (N-methyl/N-ethyl adjacent to an activating group) is 1. The number of methoxy groups -OCH3 is 1. The average Bonchev–Trinajstić information content (AvgIpc) is 2.74. The lowest BCUT2D eigenvalue weighted by Crippen LogP contribution is -2.45. The van der Waals surface area contributed by atoms with Gasteiger partial charge in [-0.05, 0) is 44.3 Å². The summed E-state index contributed by atoms with van der Waals surface area (Å²) in [4.78, 5) is 14.4. The van der Waals surface area contributed by atoms with Gasteiger partial charge in [0.2, 0.25) is 5.95 Å². The standard InChI is InChI=1S/C23H26N4O/c1-17-4-6-18(7-5-17)21-16-22(19-8-10-20(28-3)11-9-19)25-23(24-21)27-14-12-26(2)13-15-27/h4-11,16H,12-15H2,1-3H3. The molecule has 0 saturated carbocycles. The summed E-state index contributed by atoms with van der Waals surface area (Å²) < 4.78 is 5.29. The molecule has 0 aliphatic carbocycles. The fourth-order valence-electron chi connectivity index (χ4n) is 3.36. The maximum Gasteiger partial charge on any atom is 0.226 e. The Kier molecular flexibility index (Phi) is 5.26. The largest absolute Gasteiger partial charge is 0.497 e. The lowest BCUT2D eigenvalue weighted by molar-refractivity contribution is 0.311. The minimum absolute atomic E-state index is 0.803. The molecule has 1 saturated heterocycles. The Morgan fingerprint density at radius 1 is 0.786 bits per heavy atom. The summed E-state index contributed by atoms with van der Waals surface area (Å²) in [6.07, 6.45) is 0. The second kappa shape index (κ2) is 7.98. The molecule has 0 unspecified atom stereocenters. The molecular weight excluding hydrogens is 348 g/mol. The topological polar surface area (TPSA) is 41.5 Å². The lowest BCUT2D eigenvalue weighted by atomic mass is 10.1. The van der Waals surface area contributed by atoms with Gasteiger partial charge in [-0.2, -0.15) is 0 Å². The van der Waals surface area contributed by atoms with Gasteiger partial charge in [0, 0.05) is 37.3 Å². The van der Waals surface area contributed by atoms with E-state index in [4.69, 9.17) is 14.7 Å². The maximum atomic E-state index is 5.29. The summed E-state index contributed by atoms with van der Waals surface area (Å²) in [6, 6.07) is 18.6. The summed E-state index contributed by atoms with van der Waals surface area (Å²) in [5.41, 5.74) is 5.30. The molecule has 5 nitrogen and oxygen atoms in total. The molecule has 1 aliphatic heterocycles. The van der Waals surface area contributed by atoms with E-state index in [0.29, 0.717) is 0 Å². The minimum Gasteiger partial charge on any atom is -0.497 e. The van der Waals surface area contributed by atoms with Crippen molar-refractivity contribution >= 4 is 5.95 Å². The van der Waals surface area contributed by atoms with Gasteiger partial charge in [0.15, 0.2) is 0 Å². The van der Waals surface area contributed by atoms with E-state index in [0.717, 1.165) is 60.4 Å². The number of anilines is 1. The van der Waals surface area contributed by atoms with Crippen LogP contribution in [0.4, 0.5) is 5.95 Å². The molecule has 28 heavy (non-hydrogen) atoms. The highest BCUT2D eigenvalue weighted by atomic mass is 16.5. The molecule has 1 aliphatic rings. The van der Waals surface area contributed by atoms with Gasteiger partial charge in [-0.3, -0.25) is 0 Å². The smallest absolute Gasteiger partial charge is 0.226 e. The van der Waals surface area contributed by atoms with E-state index < -0.39 is 0 Å². The quantitative estimate of drug-likeness (QED) is 0.693. The summed E-state index contributed by atoms with van der Waals surface area (Å²) in [5, 5.41) is 0. The number of ether oxygens (including phenoxy) is 1. The van der Waals surface area contributed by atoms with Gasteiger partial charge < -0.3 is 14.5 Å². The van der Waals surface area contributed by atoms with Gasteiger partial charge in [0.05, 0.1) is 18.5 Å². The molecule has 2 aromatic carbocycles. The molecule has 0 atom stereocenters. The normalized spacial score (nSPS) is 14.9. The molecule has 0 spiro atoms. The summed E-state index contributed by atoms with van der Waals surface area (Å²) >= 11 is 0. The van der Waals surface area contributed by atoms with Gasteiger partial charge in [-0.25, -0.2) is 9.97 Å². The average molecular weight is 374 g/mol. The van der Waals surface area contributed by atoms with Crippen molar-refractivity contribution in [2.45, 2.75) is 6.92 Å². The molecule has 1 aromatic heterocycles. The number of piperazine rings is 1. The van der Waals surface area contributed by atoms with Crippen LogP contribution in [0.5, 0.6) is 5.75 Å². The number of nitrogens with zero attached hydrogens (tertiary/aromatic N) is 4. The summed E-state index contributed by atoms with van der Waals surface area (Å²) in [5.74, 6) is 1.65. The van der Waals surface area contributed by atoms with Gasteiger partial charge >= 0.3 is 0 Å². The van der Waals surface area contributed by atoms with Gasteiger partial charge in [0.1, 0.15) is 5.75 Å². The highest BCUT2D eigenvalue weighted by Crippen LogP contribution is 2.28. The molecule has 0 bridgehead atoms. The number of rotatable bonds is 4. The number of hydrogen-bond acceptors (Lipinski definition) is 5. The van der Waals surface area contributed by atoms with Crippen LogP contribution in [-0.2, 0) is 0 Å². The van der Waals surface area contributed by atoms with Crippen LogP contribution >= 0.6 is 0 Å². The third-order valence-electron chi connectivity index (χ3n) is 5.23. The third kappa shape index (κ3) is 3.99. The van der Waals surface area contributed by atoms with Gasteiger partial charge in [0.25, 0.3) is 0 Å². The van der Waals surface area contributed by atoms with Crippen molar-refractivity contribution in [2.75, 3.05) is 45.2 Å². The van der Waals surface area contributed by atoms with Crippen molar-refractivity contribution in [3.05, 3.63) is 60.2 Å². The van der Waals surface area contributed by atoms with Crippen LogP contribution in [0, 0.1) is 6.92 Å². The van der Waals surface area contributed by atoms with E-state index >= 15 is 0 Å². The van der Waals surface area contributed by atoms with Crippen molar-refractivity contribution in [1.82, 2.24) is 14.9 Å². The number of benzene rings is 2. The minimum atomic E-state index is 0.803. The molecule has 0 radical (unpaired) electrons. The molecule has 0 N–H and O–H groups in total. The van der Waals surface area contributed by atoms with E-state index in [2.05, 4.69) is 54.1 Å². The predicted molar refractivity (Wildman–Crippen MR) is 114 cm³/mol. The molecule has 144 valence electrons. The molecule has 2 heterocycles. The van der Waals surface area contributed by atoms with Crippen molar-refractivity contribution < 1.29 is 4.74 Å². The van der Waals surface area contributed by atoms with Crippen LogP contribution in [0.2, 0.25) is 0 Å². The monoisotopic (exact) mass is 374 g/mol. The first-order chi connectivity index (χ1) is 13.6. The van der Waals surface area contributed by atoms with E-state index in [1.165, 1.54) is 5.56 Å². The van der Waals surface area contributed by atoms with Crippen LogP contribution < -0.4 is 9.64 Å². The SMILES string of the molecule is COc1ccc(-c2cc(-c3ccc(C)cc3)nc(N3CCN(C)CC3)n2)cc1. The van der Waals surface area contributed by atoms with E-state index in [1.807, 2.05) is 24.3 Å². The van der Waals surface area contributed by atoms with Gasteiger partial charge in [-0.1, -0.05) is 29.8 Å².